The average Bonchev–Trinajstić information content (AvgIpc) is 3.35. The van der Waals surface area contributed by atoms with E-state index in [0.717, 1.165) is 109 Å². The molecule has 0 bridgehead atoms. The number of hydrogen-bond acceptors (Lipinski definition) is 6. The molecule has 0 saturated carbocycles. The molecule has 69 heavy (non-hydrogen) atoms. The Labute approximate surface area is 426 Å². The SMILES string of the molecule is CC/C=C\C/C=C\C/C=C\C/C=C\CCCCCCCCCCCCC(=O)OCC(COC(=O)CCCCC/C=C\C/C=C\C/C=C\CC)OC(=O)CCCCCCCCCCCCCCCCC. The third-order valence-corrected chi connectivity index (χ3v) is 12.4. The maximum absolute atomic E-state index is 12.8. The highest BCUT2D eigenvalue weighted by Crippen LogP contribution is 2.16. The molecule has 0 heterocycles. The van der Waals surface area contributed by atoms with E-state index in [9.17, 15) is 14.4 Å². The number of ether oxygens (including phenoxy) is 3. The van der Waals surface area contributed by atoms with E-state index < -0.39 is 6.10 Å². The molecule has 1 atom stereocenters. The van der Waals surface area contributed by atoms with Gasteiger partial charge in [0.05, 0.1) is 0 Å². The molecule has 0 aliphatic carbocycles. The molecule has 0 aliphatic heterocycles. The van der Waals surface area contributed by atoms with E-state index in [1.165, 1.54) is 128 Å². The predicted octanol–water partition coefficient (Wildman–Crippen LogP) is 19.5. The normalized spacial score (nSPS) is 12.7. The summed E-state index contributed by atoms with van der Waals surface area (Å²) in [5, 5.41) is 0. The van der Waals surface area contributed by atoms with Gasteiger partial charge in [-0.15, -0.1) is 0 Å². The van der Waals surface area contributed by atoms with Gasteiger partial charge in [0.25, 0.3) is 0 Å². The first-order valence-electron chi connectivity index (χ1n) is 29.1. The summed E-state index contributed by atoms with van der Waals surface area (Å²) in [6.07, 6.45) is 74.4. The van der Waals surface area contributed by atoms with Crippen molar-refractivity contribution < 1.29 is 28.6 Å². The Balaban J connectivity index is 4.34. The standard InChI is InChI=1S/C63H108O6/c1-4-7-10-13-16-19-22-25-27-28-29-30-31-32-33-34-36-38-41-44-47-50-53-56-62(65)68-59-60(58-67-61(64)55-52-49-46-43-40-37-24-21-18-15-12-9-6-3)69-63(66)57-54-51-48-45-42-39-35-26-23-20-17-14-11-8-5-2/h7,9-10,12,16,18-19,21,25,27,29-30,37,40,60H,4-6,8,11,13-15,17,20,22-24,26,28,31-36,38-39,41-59H2,1-3H3/b10-7-,12-9-,19-16-,21-18-,27-25-,30-29-,40-37-. The Morgan fingerprint density at radius 1 is 0.304 bits per heavy atom. The Morgan fingerprint density at radius 2 is 0.565 bits per heavy atom. The van der Waals surface area contributed by atoms with Crippen LogP contribution in [0.5, 0.6) is 0 Å². The second-order valence-electron chi connectivity index (χ2n) is 19.1. The average molecular weight is 962 g/mol. The van der Waals surface area contributed by atoms with Gasteiger partial charge in [-0.3, -0.25) is 14.4 Å². The van der Waals surface area contributed by atoms with Gasteiger partial charge < -0.3 is 14.2 Å². The topological polar surface area (TPSA) is 78.9 Å². The van der Waals surface area contributed by atoms with Crippen LogP contribution in [0.1, 0.15) is 278 Å². The lowest BCUT2D eigenvalue weighted by Crippen LogP contribution is -2.30. The molecular formula is C63H108O6. The van der Waals surface area contributed by atoms with Crippen LogP contribution in [0.3, 0.4) is 0 Å². The summed E-state index contributed by atoms with van der Waals surface area (Å²) in [4.78, 5) is 38.1. The molecular weight excluding hydrogens is 853 g/mol. The third-order valence-electron chi connectivity index (χ3n) is 12.4. The smallest absolute Gasteiger partial charge is 0.306 e. The molecule has 0 rings (SSSR count). The minimum absolute atomic E-state index is 0.0862. The van der Waals surface area contributed by atoms with Crippen LogP contribution in [0.2, 0.25) is 0 Å². The number of carbonyl (C=O) groups excluding carboxylic acids is 3. The van der Waals surface area contributed by atoms with E-state index in [0.29, 0.717) is 19.3 Å². The lowest BCUT2D eigenvalue weighted by atomic mass is 10.0. The van der Waals surface area contributed by atoms with E-state index in [2.05, 4.69) is 106 Å². The van der Waals surface area contributed by atoms with E-state index >= 15 is 0 Å². The highest BCUT2D eigenvalue weighted by atomic mass is 16.6. The predicted molar refractivity (Wildman–Crippen MR) is 297 cm³/mol. The number of allylic oxidation sites excluding steroid dienone is 14. The van der Waals surface area contributed by atoms with Crippen molar-refractivity contribution in [2.24, 2.45) is 0 Å². The van der Waals surface area contributed by atoms with Crippen molar-refractivity contribution in [3.63, 3.8) is 0 Å². The van der Waals surface area contributed by atoms with Crippen LogP contribution in [0.4, 0.5) is 0 Å². The highest BCUT2D eigenvalue weighted by Gasteiger charge is 2.19. The van der Waals surface area contributed by atoms with Gasteiger partial charge >= 0.3 is 17.9 Å². The largest absolute Gasteiger partial charge is 0.462 e. The van der Waals surface area contributed by atoms with E-state index in [1.54, 1.807) is 0 Å². The van der Waals surface area contributed by atoms with Crippen LogP contribution < -0.4 is 0 Å². The molecule has 1 unspecified atom stereocenters. The molecule has 0 aromatic heterocycles. The van der Waals surface area contributed by atoms with Crippen molar-refractivity contribution in [3.8, 4) is 0 Å². The molecule has 0 aromatic rings. The number of rotatable bonds is 52. The number of carbonyl (C=O) groups is 3. The summed E-state index contributed by atoms with van der Waals surface area (Å²) in [6.45, 7) is 6.40. The van der Waals surface area contributed by atoms with Gasteiger partial charge in [-0.1, -0.05) is 254 Å². The molecule has 0 amide bonds. The molecule has 0 fully saturated rings. The van der Waals surface area contributed by atoms with Gasteiger partial charge in [-0.25, -0.2) is 0 Å². The summed E-state index contributed by atoms with van der Waals surface area (Å²) in [5.74, 6) is -0.912. The number of unbranched alkanes of at least 4 members (excludes halogenated alkanes) is 27. The highest BCUT2D eigenvalue weighted by molar-refractivity contribution is 5.71. The van der Waals surface area contributed by atoms with Crippen LogP contribution in [0, 0.1) is 0 Å². The summed E-state index contributed by atoms with van der Waals surface area (Å²) in [5.41, 5.74) is 0. The zero-order valence-electron chi connectivity index (χ0n) is 45.3. The Hall–Kier alpha value is -3.41. The van der Waals surface area contributed by atoms with E-state index in [4.69, 9.17) is 14.2 Å². The fraction of sp³-hybridized carbons (Fsp3) is 0.730. The summed E-state index contributed by atoms with van der Waals surface area (Å²) in [7, 11) is 0. The first-order valence-corrected chi connectivity index (χ1v) is 29.1. The summed E-state index contributed by atoms with van der Waals surface area (Å²) >= 11 is 0. The maximum Gasteiger partial charge on any atom is 0.306 e. The molecule has 0 N–H and O–H groups in total. The van der Waals surface area contributed by atoms with Crippen LogP contribution in [0.25, 0.3) is 0 Å². The van der Waals surface area contributed by atoms with Crippen LogP contribution in [-0.2, 0) is 28.6 Å². The first kappa shape index (κ1) is 65.6. The van der Waals surface area contributed by atoms with Gasteiger partial charge in [0.2, 0.25) is 0 Å². The van der Waals surface area contributed by atoms with Gasteiger partial charge in [0, 0.05) is 19.3 Å². The molecule has 0 saturated heterocycles. The van der Waals surface area contributed by atoms with Crippen LogP contribution in [0.15, 0.2) is 85.1 Å². The molecule has 0 radical (unpaired) electrons. The zero-order chi connectivity index (χ0) is 50.0. The van der Waals surface area contributed by atoms with E-state index in [1.807, 2.05) is 0 Å². The summed E-state index contributed by atoms with van der Waals surface area (Å²) < 4.78 is 16.8. The minimum atomic E-state index is -0.789. The first-order chi connectivity index (χ1) is 34.0. The number of esters is 3. The Morgan fingerprint density at radius 3 is 0.899 bits per heavy atom. The molecule has 396 valence electrons. The number of hydrogen-bond donors (Lipinski definition) is 0. The minimum Gasteiger partial charge on any atom is -0.462 e. The molecule has 0 aromatic carbocycles. The zero-order valence-corrected chi connectivity index (χ0v) is 45.3. The fourth-order valence-electron chi connectivity index (χ4n) is 8.10. The van der Waals surface area contributed by atoms with Crippen molar-refractivity contribution >= 4 is 17.9 Å². The second-order valence-corrected chi connectivity index (χ2v) is 19.1. The molecule has 6 nitrogen and oxygen atoms in total. The van der Waals surface area contributed by atoms with Crippen molar-refractivity contribution in [1.82, 2.24) is 0 Å². The maximum atomic E-state index is 12.8. The fourth-order valence-corrected chi connectivity index (χ4v) is 8.10. The Bertz CT molecular complexity index is 1330. The second kappa shape index (κ2) is 57.2. The lowest BCUT2D eigenvalue weighted by molar-refractivity contribution is -0.167. The lowest BCUT2D eigenvalue weighted by Gasteiger charge is -2.18. The van der Waals surface area contributed by atoms with Crippen molar-refractivity contribution in [2.45, 2.75) is 284 Å². The molecule has 0 aliphatic rings. The van der Waals surface area contributed by atoms with E-state index in [-0.39, 0.29) is 31.1 Å². The quantitative estimate of drug-likeness (QED) is 0.0262. The van der Waals surface area contributed by atoms with Crippen molar-refractivity contribution in [3.05, 3.63) is 85.1 Å². The Kier molecular flexibility index (Phi) is 54.3. The third kappa shape index (κ3) is 55.4. The van der Waals surface area contributed by atoms with Crippen molar-refractivity contribution in [1.29, 1.82) is 0 Å². The monoisotopic (exact) mass is 961 g/mol. The molecule has 6 heteroatoms. The van der Waals surface area contributed by atoms with Crippen LogP contribution >= 0.6 is 0 Å². The van der Waals surface area contributed by atoms with Gasteiger partial charge in [0.1, 0.15) is 13.2 Å². The molecule has 0 spiro atoms. The van der Waals surface area contributed by atoms with Gasteiger partial charge in [-0.05, 0) is 89.9 Å². The van der Waals surface area contributed by atoms with Gasteiger partial charge in [0.15, 0.2) is 6.10 Å². The summed E-state index contributed by atoms with van der Waals surface area (Å²) in [6, 6.07) is 0. The van der Waals surface area contributed by atoms with Crippen LogP contribution in [-0.4, -0.2) is 37.2 Å². The van der Waals surface area contributed by atoms with Gasteiger partial charge in [-0.2, -0.15) is 0 Å². The van der Waals surface area contributed by atoms with Crippen molar-refractivity contribution in [2.75, 3.05) is 13.2 Å².